The molecule has 0 spiro atoms. The largest absolute Gasteiger partial charge is 0.352 e. The number of anilines is 1. The summed E-state index contributed by atoms with van der Waals surface area (Å²) in [6.45, 7) is 4.56. The maximum Gasteiger partial charge on any atom is 0.264 e. The molecule has 0 fully saturated rings. The maximum absolute atomic E-state index is 15.0. The van der Waals surface area contributed by atoms with Gasteiger partial charge in [0.05, 0.1) is 10.6 Å². The van der Waals surface area contributed by atoms with E-state index in [1.165, 1.54) is 47.4 Å². The molecule has 0 bridgehead atoms. The van der Waals surface area contributed by atoms with Gasteiger partial charge in [-0.1, -0.05) is 73.4 Å². The molecule has 0 radical (unpaired) electrons. The molecule has 3 aromatic rings. The van der Waals surface area contributed by atoms with E-state index in [0.29, 0.717) is 12.0 Å². The topological polar surface area (TPSA) is 86.8 Å². The standard InChI is InChI=1S/C29H32Cl2FN3O4S/c1-4-20(3)33-29(37)26(5-2)34(18-22-23(30)14-11-15-24(22)31)28(36)19-35(27-17-10-9-16-25(27)32)40(38,39)21-12-7-6-8-13-21/h6-17,20,26H,4-5,18-19H2,1-3H3,(H,33,37)/t20-,26+/m1/s1. The number of nitrogens with zero attached hydrogens (tertiary/aromatic N) is 2. The molecule has 2 atom stereocenters. The molecule has 214 valence electrons. The monoisotopic (exact) mass is 607 g/mol. The van der Waals surface area contributed by atoms with E-state index >= 15 is 0 Å². The number of nitrogens with one attached hydrogen (secondary N) is 1. The molecule has 0 aliphatic carbocycles. The highest BCUT2D eigenvalue weighted by atomic mass is 35.5. The van der Waals surface area contributed by atoms with Crippen molar-refractivity contribution in [3.8, 4) is 0 Å². The lowest BCUT2D eigenvalue weighted by molar-refractivity contribution is -0.140. The third-order valence-corrected chi connectivity index (χ3v) is 8.99. The second-order valence-electron chi connectivity index (χ2n) is 9.24. The zero-order chi connectivity index (χ0) is 29.4. The predicted octanol–water partition coefficient (Wildman–Crippen LogP) is 6.05. The van der Waals surface area contributed by atoms with Gasteiger partial charge in [0.25, 0.3) is 10.0 Å². The van der Waals surface area contributed by atoms with Crippen LogP contribution in [0.3, 0.4) is 0 Å². The molecular weight excluding hydrogens is 576 g/mol. The minimum Gasteiger partial charge on any atom is -0.352 e. The molecule has 0 aliphatic heterocycles. The second-order valence-corrected chi connectivity index (χ2v) is 11.9. The van der Waals surface area contributed by atoms with Crippen molar-refractivity contribution in [3.05, 3.63) is 94.2 Å². The molecule has 1 N–H and O–H groups in total. The van der Waals surface area contributed by atoms with Crippen LogP contribution in [0.25, 0.3) is 0 Å². The van der Waals surface area contributed by atoms with Crippen molar-refractivity contribution < 1.29 is 22.4 Å². The van der Waals surface area contributed by atoms with Gasteiger partial charge in [-0.15, -0.1) is 0 Å². The Kier molecular flexibility index (Phi) is 11.0. The minimum absolute atomic E-state index is 0.117. The van der Waals surface area contributed by atoms with E-state index in [9.17, 15) is 22.4 Å². The molecular formula is C29H32Cl2FN3O4S. The molecule has 0 heterocycles. The molecule has 11 heteroatoms. The molecule has 2 amide bonds. The number of sulfonamides is 1. The van der Waals surface area contributed by atoms with Crippen molar-refractivity contribution in [2.24, 2.45) is 0 Å². The summed E-state index contributed by atoms with van der Waals surface area (Å²) in [5, 5.41) is 3.46. The maximum atomic E-state index is 15.0. The van der Waals surface area contributed by atoms with Crippen molar-refractivity contribution in [2.45, 2.75) is 57.1 Å². The SMILES string of the molecule is CC[C@@H](C)NC(=O)[C@H](CC)N(Cc1c(Cl)cccc1Cl)C(=O)CN(c1ccccc1F)S(=O)(=O)c1ccccc1. The Morgan fingerprint density at radius 2 is 1.50 bits per heavy atom. The first-order valence-electron chi connectivity index (χ1n) is 12.9. The molecule has 0 unspecified atom stereocenters. The highest BCUT2D eigenvalue weighted by Gasteiger charge is 2.35. The number of rotatable bonds is 12. The van der Waals surface area contributed by atoms with Gasteiger partial charge in [0.15, 0.2) is 0 Å². The van der Waals surface area contributed by atoms with Gasteiger partial charge in [0.1, 0.15) is 18.4 Å². The number of benzene rings is 3. The number of halogens is 3. The van der Waals surface area contributed by atoms with Gasteiger partial charge < -0.3 is 10.2 Å². The second kappa shape index (κ2) is 14.0. The van der Waals surface area contributed by atoms with Crippen LogP contribution in [-0.4, -0.2) is 43.8 Å². The van der Waals surface area contributed by atoms with Crippen LogP contribution in [0.1, 0.15) is 39.2 Å². The summed E-state index contributed by atoms with van der Waals surface area (Å²) in [5.74, 6) is -1.96. The van der Waals surface area contributed by atoms with Gasteiger partial charge in [-0.2, -0.15) is 0 Å². The summed E-state index contributed by atoms with van der Waals surface area (Å²) in [4.78, 5) is 28.5. The van der Waals surface area contributed by atoms with Gasteiger partial charge in [-0.25, -0.2) is 12.8 Å². The average Bonchev–Trinajstić information content (AvgIpc) is 2.93. The lowest BCUT2D eigenvalue weighted by Gasteiger charge is -2.34. The van der Waals surface area contributed by atoms with Gasteiger partial charge >= 0.3 is 0 Å². The Bertz CT molecular complexity index is 1420. The molecule has 3 aromatic carbocycles. The summed E-state index contributed by atoms with van der Waals surface area (Å²) in [5.41, 5.74) is 0.102. The average molecular weight is 609 g/mol. The first kappa shape index (κ1) is 31.4. The number of carbonyl (C=O) groups is 2. The van der Waals surface area contributed by atoms with E-state index in [1.54, 1.807) is 31.2 Å². The zero-order valence-electron chi connectivity index (χ0n) is 22.5. The van der Waals surface area contributed by atoms with Crippen molar-refractivity contribution in [3.63, 3.8) is 0 Å². The Morgan fingerprint density at radius 1 is 0.900 bits per heavy atom. The summed E-state index contributed by atoms with van der Waals surface area (Å²) >= 11 is 12.8. The van der Waals surface area contributed by atoms with Crippen LogP contribution in [0, 0.1) is 5.82 Å². The van der Waals surface area contributed by atoms with Crippen molar-refractivity contribution >= 4 is 50.7 Å². The van der Waals surface area contributed by atoms with Crippen LogP contribution in [0.5, 0.6) is 0 Å². The predicted molar refractivity (Wildman–Crippen MR) is 156 cm³/mol. The first-order valence-corrected chi connectivity index (χ1v) is 15.1. The third kappa shape index (κ3) is 7.33. The molecule has 0 aliphatic rings. The summed E-state index contributed by atoms with van der Waals surface area (Å²) in [7, 11) is -4.38. The molecule has 3 rings (SSSR count). The van der Waals surface area contributed by atoms with Gasteiger partial charge in [-0.3, -0.25) is 13.9 Å². The third-order valence-electron chi connectivity index (χ3n) is 6.51. The van der Waals surface area contributed by atoms with E-state index in [-0.39, 0.29) is 39.6 Å². The van der Waals surface area contributed by atoms with Gasteiger partial charge in [-0.05, 0) is 56.2 Å². The Labute approximate surface area is 244 Å². The first-order chi connectivity index (χ1) is 19.0. The summed E-state index contributed by atoms with van der Waals surface area (Å²) in [6.07, 6.45) is 0.893. The zero-order valence-corrected chi connectivity index (χ0v) is 24.8. The van der Waals surface area contributed by atoms with Gasteiger partial charge in [0, 0.05) is 28.2 Å². The summed E-state index contributed by atoms with van der Waals surface area (Å²) in [6, 6.07) is 16.5. The molecule has 7 nitrogen and oxygen atoms in total. The van der Waals surface area contributed by atoms with Crippen molar-refractivity contribution in [2.75, 3.05) is 10.8 Å². The van der Waals surface area contributed by atoms with Crippen LogP contribution < -0.4 is 9.62 Å². The van der Waals surface area contributed by atoms with Crippen LogP contribution in [0.4, 0.5) is 10.1 Å². The van der Waals surface area contributed by atoms with E-state index in [0.717, 1.165) is 10.4 Å². The van der Waals surface area contributed by atoms with E-state index in [4.69, 9.17) is 23.2 Å². The lowest BCUT2D eigenvalue weighted by Crippen LogP contribution is -2.53. The number of hydrogen-bond acceptors (Lipinski definition) is 4. The molecule has 0 aromatic heterocycles. The van der Waals surface area contributed by atoms with Crippen LogP contribution in [-0.2, 0) is 26.2 Å². The smallest absolute Gasteiger partial charge is 0.264 e. The highest BCUT2D eigenvalue weighted by molar-refractivity contribution is 7.92. The Hall–Kier alpha value is -3.14. The number of amides is 2. The van der Waals surface area contributed by atoms with E-state index in [1.807, 2.05) is 13.8 Å². The van der Waals surface area contributed by atoms with E-state index < -0.39 is 40.2 Å². The summed E-state index contributed by atoms with van der Waals surface area (Å²) < 4.78 is 43.2. The fourth-order valence-electron chi connectivity index (χ4n) is 4.10. The number of hydrogen-bond donors (Lipinski definition) is 1. The Balaban J connectivity index is 2.10. The molecule has 0 saturated heterocycles. The van der Waals surface area contributed by atoms with Crippen molar-refractivity contribution in [1.29, 1.82) is 0 Å². The van der Waals surface area contributed by atoms with Crippen molar-refractivity contribution in [1.82, 2.24) is 10.2 Å². The number of carbonyl (C=O) groups excluding carboxylic acids is 2. The van der Waals surface area contributed by atoms with E-state index in [2.05, 4.69) is 5.32 Å². The highest BCUT2D eigenvalue weighted by Crippen LogP contribution is 2.29. The normalized spacial score (nSPS) is 12.8. The van der Waals surface area contributed by atoms with Gasteiger partial charge in [0.2, 0.25) is 11.8 Å². The Morgan fingerprint density at radius 3 is 2.08 bits per heavy atom. The molecule has 40 heavy (non-hydrogen) atoms. The lowest BCUT2D eigenvalue weighted by atomic mass is 10.1. The molecule has 0 saturated carbocycles. The number of para-hydroxylation sites is 1. The van der Waals surface area contributed by atoms with Crippen LogP contribution in [0.2, 0.25) is 10.0 Å². The fourth-order valence-corrected chi connectivity index (χ4v) is 6.06. The van der Waals surface area contributed by atoms with Crippen LogP contribution in [0.15, 0.2) is 77.7 Å². The quantitative estimate of drug-likeness (QED) is 0.271. The van der Waals surface area contributed by atoms with Crippen LogP contribution >= 0.6 is 23.2 Å². The fraction of sp³-hybridized carbons (Fsp3) is 0.310. The minimum atomic E-state index is -4.38.